The lowest BCUT2D eigenvalue weighted by molar-refractivity contribution is -0.384. The Kier molecular flexibility index (Phi) is 4.71. The lowest BCUT2D eigenvalue weighted by Gasteiger charge is -2.33. The van der Waals surface area contributed by atoms with Crippen molar-refractivity contribution in [2.75, 3.05) is 0 Å². The number of aliphatic hydroxyl groups is 1. The van der Waals surface area contributed by atoms with E-state index in [2.05, 4.69) is 5.10 Å². The minimum Gasteiger partial charge on any atom is -0.481 e. The van der Waals surface area contributed by atoms with Crippen LogP contribution in [-0.2, 0) is 4.79 Å². The summed E-state index contributed by atoms with van der Waals surface area (Å²) in [6, 6.07) is 4.65. The monoisotopic (exact) mass is 361 g/mol. The molecular formula is C14H14F3N3O5. The van der Waals surface area contributed by atoms with Crippen LogP contribution in [0.4, 0.5) is 18.9 Å². The number of halogens is 3. The molecular weight excluding hydrogens is 347 g/mol. The summed E-state index contributed by atoms with van der Waals surface area (Å²) in [5.74, 6) is -1.16. The van der Waals surface area contributed by atoms with E-state index in [9.17, 15) is 33.2 Å². The first-order valence-corrected chi connectivity index (χ1v) is 7.04. The zero-order valence-corrected chi connectivity index (χ0v) is 13.1. The van der Waals surface area contributed by atoms with Gasteiger partial charge in [-0.05, 0) is 26.0 Å². The number of ether oxygens (including phenoxy) is 1. The highest BCUT2D eigenvalue weighted by atomic mass is 19.4. The number of rotatable bonds is 4. The second kappa shape index (κ2) is 6.31. The fraction of sp³-hybridized carbons (Fsp3) is 0.429. The molecule has 0 aromatic heterocycles. The van der Waals surface area contributed by atoms with E-state index >= 15 is 0 Å². The van der Waals surface area contributed by atoms with Crippen molar-refractivity contribution in [2.45, 2.75) is 38.3 Å². The molecule has 136 valence electrons. The fourth-order valence-electron chi connectivity index (χ4n) is 2.25. The average Bonchev–Trinajstić information content (AvgIpc) is 2.82. The first-order valence-electron chi connectivity index (χ1n) is 7.04. The molecule has 1 aliphatic rings. The van der Waals surface area contributed by atoms with E-state index in [-0.39, 0.29) is 22.2 Å². The molecule has 0 saturated carbocycles. The summed E-state index contributed by atoms with van der Waals surface area (Å²) in [6.45, 7) is 2.44. The van der Waals surface area contributed by atoms with Crippen molar-refractivity contribution < 1.29 is 32.7 Å². The number of nitrogens with zero attached hydrogens (tertiary/aromatic N) is 3. The molecule has 0 saturated heterocycles. The predicted octanol–water partition coefficient (Wildman–Crippen LogP) is 2.22. The minimum absolute atomic E-state index is 0.0294. The van der Waals surface area contributed by atoms with Crippen LogP contribution in [0, 0.1) is 10.1 Å². The largest absolute Gasteiger partial charge is 0.481 e. The number of carbonyl (C=O) groups excluding carboxylic acids is 1. The van der Waals surface area contributed by atoms with Crippen LogP contribution in [0.2, 0.25) is 0 Å². The maximum absolute atomic E-state index is 13.1. The number of hydrazone groups is 1. The SMILES string of the molecule is CC1=NN(C(=O)C(C)Oc2ccc([N+](=O)[O-])cc2)C(O)(C(F)(F)F)C1. The van der Waals surface area contributed by atoms with Crippen LogP contribution in [0.15, 0.2) is 29.4 Å². The Morgan fingerprint density at radius 1 is 1.44 bits per heavy atom. The second-order valence-electron chi connectivity index (χ2n) is 5.49. The molecule has 2 unspecified atom stereocenters. The van der Waals surface area contributed by atoms with Crippen LogP contribution in [0.5, 0.6) is 5.75 Å². The van der Waals surface area contributed by atoms with Crippen molar-refractivity contribution >= 4 is 17.3 Å². The molecule has 1 aromatic rings. The van der Waals surface area contributed by atoms with Crippen LogP contribution in [0.1, 0.15) is 20.3 Å². The molecule has 0 radical (unpaired) electrons. The van der Waals surface area contributed by atoms with Crippen molar-refractivity contribution in [1.29, 1.82) is 0 Å². The molecule has 0 bridgehead atoms. The van der Waals surface area contributed by atoms with Gasteiger partial charge in [0.25, 0.3) is 17.3 Å². The maximum Gasteiger partial charge on any atom is 0.438 e. The van der Waals surface area contributed by atoms with E-state index in [1.165, 1.54) is 26.0 Å². The third-order valence-corrected chi connectivity index (χ3v) is 3.49. The van der Waals surface area contributed by atoms with Crippen LogP contribution in [0.25, 0.3) is 0 Å². The van der Waals surface area contributed by atoms with E-state index in [0.29, 0.717) is 0 Å². The first-order chi connectivity index (χ1) is 11.5. The summed E-state index contributed by atoms with van der Waals surface area (Å²) < 4.78 is 44.6. The van der Waals surface area contributed by atoms with Gasteiger partial charge >= 0.3 is 6.18 Å². The number of benzene rings is 1. The number of alkyl halides is 3. The van der Waals surface area contributed by atoms with Gasteiger partial charge in [-0.2, -0.15) is 23.3 Å². The van der Waals surface area contributed by atoms with E-state index in [1.807, 2.05) is 0 Å². The molecule has 25 heavy (non-hydrogen) atoms. The van der Waals surface area contributed by atoms with E-state index in [4.69, 9.17) is 4.74 Å². The van der Waals surface area contributed by atoms with Gasteiger partial charge in [0.2, 0.25) is 0 Å². The van der Waals surface area contributed by atoms with Gasteiger partial charge in [-0.1, -0.05) is 0 Å². The highest BCUT2D eigenvalue weighted by Crippen LogP contribution is 2.40. The van der Waals surface area contributed by atoms with E-state index in [1.54, 1.807) is 0 Å². The maximum atomic E-state index is 13.1. The van der Waals surface area contributed by atoms with Crippen LogP contribution >= 0.6 is 0 Å². The fourth-order valence-corrected chi connectivity index (χ4v) is 2.25. The van der Waals surface area contributed by atoms with Crippen molar-refractivity contribution in [3.63, 3.8) is 0 Å². The number of hydrogen-bond donors (Lipinski definition) is 1. The van der Waals surface area contributed by atoms with E-state index in [0.717, 1.165) is 12.1 Å². The number of non-ortho nitro benzene ring substituents is 1. The van der Waals surface area contributed by atoms with Gasteiger partial charge in [-0.3, -0.25) is 14.9 Å². The van der Waals surface area contributed by atoms with Gasteiger partial charge < -0.3 is 9.84 Å². The molecule has 0 spiro atoms. The summed E-state index contributed by atoms with van der Waals surface area (Å²) in [5.41, 5.74) is -3.70. The summed E-state index contributed by atoms with van der Waals surface area (Å²) in [5, 5.41) is 23.9. The molecule has 11 heteroatoms. The number of carbonyl (C=O) groups is 1. The summed E-state index contributed by atoms with van der Waals surface area (Å²) in [4.78, 5) is 22.2. The molecule has 0 aliphatic carbocycles. The molecule has 0 fully saturated rings. The Labute approximate surface area is 139 Å². The summed E-state index contributed by atoms with van der Waals surface area (Å²) in [6.07, 6.45) is -7.37. The van der Waals surface area contributed by atoms with Gasteiger partial charge in [0.15, 0.2) is 6.10 Å². The highest BCUT2D eigenvalue weighted by molar-refractivity contribution is 5.90. The minimum atomic E-state index is -5.10. The molecule has 1 amide bonds. The Bertz CT molecular complexity index is 719. The van der Waals surface area contributed by atoms with Gasteiger partial charge in [0.05, 0.1) is 4.92 Å². The summed E-state index contributed by atoms with van der Waals surface area (Å²) >= 11 is 0. The Morgan fingerprint density at radius 3 is 2.48 bits per heavy atom. The highest BCUT2D eigenvalue weighted by Gasteiger charge is 2.63. The first kappa shape index (κ1) is 18.6. The van der Waals surface area contributed by atoms with Crippen molar-refractivity contribution in [3.8, 4) is 5.75 Å². The smallest absolute Gasteiger partial charge is 0.438 e. The third-order valence-electron chi connectivity index (χ3n) is 3.49. The molecule has 2 rings (SSSR count). The predicted molar refractivity (Wildman–Crippen MR) is 78.8 cm³/mol. The Hall–Kier alpha value is -2.69. The molecule has 1 heterocycles. The topological polar surface area (TPSA) is 105 Å². The van der Waals surface area contributed by atoms with Crippen molar-refractivity contribution in [3.05, 3.63) is 34.4 Å². The molecule has 1 aromatic carbocycles. The van der Waals surface area contributed by atoms with Gasteiger partial charge in [-0.15, -0.1) is 0 Å². The molecule has 1 N–H and O–H groups in total. The zero-order valence-electron chi connectivity index (χ0n) is 13.1. The summed E-state index contributed by atoms with van der Waals surface area (Å²) in [7, 11) is 0. The zero-order chi connectivity index (χ0) is 19.0. The quantitative estimate of drug-likeness (QED) is 0.654. The number of hydrogen-bond acceptors (Lipinski definition) is 6. The average molecular weight is 361 g/mol. The molecule has 1 aliphatic heterocycles. The van der Waals surface area contributed by atoms with Gasteiger partial charge in [-0.25, -0.2) is 0 Å². The standard InChI is InChI=1S/C14H14F3N3O5/c1-8-7-13(22,14(15,16)17)19(18-8)12(21)9(2)25-11-5-3-10(4-6-11)20(23)24/h3-6,9,22H,7H2,1-2H3. The lowest BCUT2D eigenvalue weighted by Crippen LogP contribution is -2.58. The number of nitro benzene ring substituents is 1. The van der Waals surface area contributed by atoms with Crippen LogP contribution in [-0.4, -0.2) is 44.7 Å². The van der Waals surface area contributed by atoms with Gasteiger partial charge in [0, 0.05) is 24.3 Å². The van der Waals surface area contributed by atoms with Gasteiger partial charge in [0.1, 0.15) is 5.75 Å². The lowest BCUT2D eigenvalue weighted by atomic mass is 10.1. The molecule has 8 nitrogen and oxygen atoms in total. The van der Waals surface area contributed by atoms with Crippen molar-refractivity contribution in [2.24, 2.45) is 5.10 Å². The Balaban J connectivity index is 2.17. The van der Waals surface area contributed by atoms with Crippen molar-refractivity contribution in [1.82, 2.24) is 5.01 Å². The van der Waals surface area contributed by atoms with Crippen LogP contribution in [0.3, 0.4) is 0 Å². The third kappa shape index (κ3) is 3.55. The second-order valence-corrected chi connectivity index (χ2v) is 5.49. The molecule has 2 atom stereocenters. The normalized spacial score (nSPS) is 21.7. The number of nitro groups is 1. The van der Waals surface area contributed by atoms with E-state index < -0.39 is 35.3 Å². The number of amides is 1. The Morgan fingerprint density at radius 2 is 2.00 bits per heavy atom. The van der Waals surface area contributed by atoms with Crippen LogP contribution < -0.4 is 4.74 Å².